The molecule has 5 rings (SSSR count). The summed E-state index contributed by atoms with van der Waals surface area (Å²) in [6.07, 6.45) is 3.69. The van der Waals surface area contributed by atoms with Crippen LogP contribution in [-0.4, -0.2) is 53.5 Å². The molecule has 3 aliphatic rings. The van der Waals surface area contributed by atoms with E-state index in [1.165, 1.54) is 24.2 Å². The van der Waals surface area contributed by atoms with Crippen LogP contribution in [0.4, 0.5) is 23.7 Å². The van der Waals surface area contributed by atoms with Gasteiger partial charge in [-0.25, -0.2) is 9.78 Å². The van der Waals surface area contributed by atoms with E-state index in [2.05, 4.69) is 53.1 Å². The second-order valence-corrected chi connectivity index (χ2v) is 10.7. The van der Waals surface area contributed by atoms with E-state index in [1.54, 1.807) is 4.90 Å². The molecule has 0 N–H and O–H groups in total. The number of benzene rings is 1. The van der Waals surface area contributed by atoms with Gasteiger partial charge in [0.25, 0.3) is 0 Å². The first-order chi connectivity index (χ1) is 16.6. The fourth-order valence-corrected chi connectivity index (χ4v) is 6.22. The highest BCUT2D eigenvalue weighted by molar-refractivity contribution is 5.95. The van der Waals surface area contributed by atoms with E-state index in [1.807, 2.05) is 6.07 Å². The number of halogens is 3. The molecular weight excluding hydrogens is 453 g/mol. The maximum Gasteiger partial charge on any atom is 0.433 e. The molecule has 0 atom stereocenters. The van der Waals surface area contributed by atoms with E-state index in [-0.39, 0.29) is 17.1 Å². The Morgan fingerprint density at radius 1 is 1.03 bits per heavy atom. The maximum absolute atomic E-state index is 13.7. The lowest BCUT2D eigenvalue weighted by Gasteiger charge is -2.51. The Kier molecular flexibility index (Phi) is 6.06. The zero-order valence-electron chi connectivity index (χ0n) is 20.4. The first-order valence-corrected chi connectivity index (χ1v) is 12.5. The first-order valence-electron chi connectivity index (χ1n) is 12.5. The van der Waals surface area contributed by atoms with Crippen LogP contribution < -0.4 is 4.90 Å². The van der Waals surface area contributed by atoms with E-state index >= 15 is 0 Å². The minimum atomic E-state index is -4.50. The topological polar surface area (TPSA) is 39.7 Å². The molecule has 0 bridgehead atoms. The molecule has 2 saturated carbocycles. The largest absolute Gasteiger partial charge is 0.433 e. The number of hydrogen-bond donors (Lipinski definition) is 0. The molecule has 1 aromatic heterocycles. The van der Waals surface area contributed by atoms with Crippen LogP contribution in [-0.2, 0) is 11.7 Å². The van der Waals surface area contributed by atoms with Gasteiger partial charge in [0.1, 0.15) is 5.69 Å². The van der Waals surface area contributed by atoms with Crippen LogP contribution >= 0.6 is 0 Å². The van der Waals surface area contributed by atoms with Gasteiger partial charge < -0.3 is 4.90 Å². The normalized spacial score (nSPS) is 27.7. The Hall–Kier alpha value is -2.61. The molecule has 5 nitrogen and oxygen atoms in total. The van der Waals surface area contributed by atoms with Gasteiger partial charge in [0.05, 0.1) is 24.0 Å². The number of urea groups is 1. The molecule has 188 valence electrons. The van der Waals surface area contributed by atoms with E-state index < -0.39 is 11.9 Å². The zero-order chi connectivity index (χ0) is 24.8. The van der Waals surface area contributed by atoms with Crippen LogP contribution in [0.15, 0.2) is 48.7 Å². The van der Waals surface area contributed by atoms with Crippen LogP contribution in [0.3, 0.4) is 0 Å². The Labute approximate surface area is 204 Å². The minimum Gasteiger partial charge on any atom is -0.317 e. The van der Waals surface area contributed by atoms with Crippen LogP contribution in [0.25, 0.3) is 0 Å². The van der Waals surface area contributed by atoms with E-state index in [0.29, 0.717) is 18.2 Å². The number of rotatable bonds is 5. The molecule has 1 aliphatic heterocycles. The van der Waals surface area contributed by atoms with Crippen LogP contribution in [0.1, 0.15) is 56.2 Å². The van der Waals surface area contributed by atoms with Gasteiger partial charge in [-0.3, -0.25) is 9.80 Å². The Bertz CT molecular complexity index is 1040. The van der Waals surface area contributed by atoms with E-state index in [4.69, 9.17) is 0 Å². The van der Waals surface area contributed by atoms with E-state index in [0.717, 1.165) is 51.1 Å². The summed E-state index contributed by atoms with van der Waals surface area (Å²) in [5.41, 5.74) is 0.375. The lowest BCUT2D eigenvalue weighted by molar-refractivity contribution is -0.141. The fraction of sp³-hybridized carbons (Fsp3) is 0.556. The summed E-state index contributed by atoms with van der Waals surface area (Å²) in [4.78, 5) is 23.3. The molecule has 0 unspecified atom stereocenters. The molecule has 1 aromatic carbocycles. The van der Waals surface area contributed by atoms with Crippen molar-refractivity contribution in [2.45, 2.75) is 62.2 Å². The number of anilines is 1. The number of carbonyl (C=O) groups is 1. The van der Waals surface area contributed by atoms with Crippen molar-refractivity contribution in [1.82, 2.24) is 14.8 Å². The molecule has 2 aromatic rings. The number of aromatic nitrogens is 1. The van der Waals surface area contributed by atoms with Crippen molar-refractivity contribution in [1.29, 1.82) is 0 Å². The smallest absolute Gasteiger partial charge is 0.317 e. The summed E-state index contributed by atoms with van der Waals surface area (Å²) < 4.78 is 39.1. The molecule has 3 fully saturated rings. The third-order valence-corrected chi connectivity index (χ3v) is 8.68. The molecule has 1 spiro atoms. The highest BCUT2D eigenvalue weighted by Gasteiger charge is 2.55. The van der Waals surface area contributed by atoms with Crippen LogP contribution in [0.5, 0.6) is 0 Å². The lowest BCUT2D eigenvalue weighted by atomic mass is 9.68. The molecule has 2 heterocycles. The van der Waals surface area contributed by atoms with Crippen molar-refractivity contribution in [3.63, 3.8) is 0 Å². The summed E-state index contributed by atoms with van der Waals surface area (Å²) in [5, 5.41) is 0. The molecular formula is C27H33F3N4O. The van der Waals surface area contributed by atoms with Gasteiger partial charge in [-0.2, -0.15) is 13.2 Å². The molecule has 8 heteroatoms. The van der Waals surface area contributed by atoms with Gasteiger partial charge in [-0.1, -0.05) is 36.8 Å². The van der Waals surface area contributed by atoms with Gasteiger partial charge >= 0.3 is 12.2 Å². The Morgan fingerprint density at radius 3 is 2.23 bits per heavy atom. The van der Waals surface area contributed by atoms with Gasteiger partial charge in [0, 0.05) is 12.1 Å². The highest BCUT2D eigenvalue weighted by Crippen LogP contribution is 2.50. The summed E-state index contributed by atoms with van der Waals surface area (Å²) in [6, 6.07) is 12.8. The quantitative estimate of drug-likeness (QED) is 0.527. The monoisotopic (exact) mass is 486 g/mol. The Morgan fingerprint density at radius 2 is 1.71 bits per heavy atom. The van der Waals surface area contributed by atoms with Gasteiger partial charge in [-0.15, -0.1) is 0 Å². The molecule has 0 radical (unpaired) electrons. The summed E-state index contributed by atoms with van der Waals surface area (Å²) in [5.74, 6) is 0.510. The van der Waals surface area contributed by atoms with Gasteiger partial charge in [0.15, 0.2) is 0 Å². The molecule has 2 aliphatic carbocycles. The summed E-state index contributed by atoms with van der Waals surface area (Å²) in [7, 11) is 4.24. The van der Waals surface area contributed by atoms with Crippen molar-refractivity contribution < 1.29 is 18.0 Å². The molecule has 2 amide bonds. The number of hydrogen-bond acceptors (Lipinski definition) is 3. The number of nitrogens with zero attached hydrogens (tertiary/aromatic N) is 4. The fourth-order valence-electron chi connectivity index (χ4n) is 6.22. The third-order valence-electron chi connectivity index (χ3n) is 8.68. The second kappa shape index (κ2) is 8.80. The SMILES string of the molecule is CN(C)[C@]1(c2ccccc2)CC[C@@]2(CC1)CN(c1ccc(C(F)(F)F)nc1)C(=O)N2CC1CCC1. The second-order valence-electron chi connectivity index (χ2n) is 10.7. The number of carbonyl (C=O) groups excluding carboxylic acids is 1. The average Bonchev–Trinajstić information content (AvgIpc) is 3.08. The zero-order valence-corrected chi connectivity index (χ0v) is 20.4. The molecule has 35 heavy (non-hydrogen) atoms. The van der Waals surface area contributed by atoms with Crippen molar-refractivity contribution in [2.24, 2.45) is 5.92 Å². The number of amides is 2. The summed E-state index contributed by atoms with van der Waals surface area (Å²) >= 11 is 0. The number of pyridine rings is 1. The van der Waals surface area contributed by atoms with Crippen LogP contribution in [0.2, 0.25) is 0 Å². The van der Waals surface area contributed by atoms with Gasteiger partial charge in [0.2, 0.25) is 0 Å². The minimum absolute atomic E-state index is 0.0962. The van der Waals surface area contributed by atoms with Crippen molar-refractivity contribution in [2.75, 3.05) is 32.1 Å². The standard InChI is InChI=1S/C27H33F3N4O/c1-32(2)26(21-9-4-3-5-10-21)15-13-25(14-16-26)19-33(24(35)34(25)18-20-7-6-8-20)22-11-12-23(31-17-22)27(28,29)30/h3-5,9-12,17,20H,6-8,13-16,18-19H2,1-2H3/t25-,26-. The van der Waals surface area contributed by atoms with Crippen molar-refractivity contribution in [3.05, 3.63) is 59.9 Å². The molecule has 1 saturated heterocycles. The van der Waals surface area contributed by atoms with Gasteiger partial charge in [-0.05, 0) is 76.2 Å². The Balaban J connectivity index is 1.43. The predicted octanol–water partition coefficient (Wildman–Crippen LogP) is 5.91. The van der Waals surface area contributed by atoms with Crippen LogP contribution in [0, 0.1) is 5.92 Å². The van der Waals surface area contributed by atoms with E-state index in [9.17, 15) is 18.0 Å². The predicted molar refractivity (Wildman–Crippen MR) is 129 cm³/mol. The lowest BCUT2D eigenvalue weighted by Crippen LogP contribution is -2.56. The summed E-state index contributed by atoms with van der Waals surface area (Å²) in [6.45, 7) is 1.22. The third kappa shape index (κ3) is 4.20. The number of alkyl halides is 3. The average molecular weight is 487 g/mol. The first kappa shape index (κ1) is 24.1. The van der Waals surface area contributed by atoms with Crippen molar-refractivity contribution in [3.8, 4) is 0 Å². The highest BCUT2D eigenvalue weighted by atomic mass is 19.4. The van der Waals surface area contributed by atoms with Crippen molar-refractivity contribution >= 4 is 11.7 Å². The maximum atomic E-state index is 13.7.